The van der Waals surface area contributed by atoms with Crippen LogP contribution in [0.15, 0.2) is 24.8 Å². The first-order chi connectivity index (χ1) is 18.1. The Labute approximate surface area is 228 Å². The number of allylic oxidation sites excluding steroid dienone is 2. The van der Waals surface area contributed by atoms with Gasteiger partial charge in [0.05, 0.1) is 13.2 Å². The summed E-state index contributed by atoms with van der Waals surface area (Å²) in [5, 5.41) is 5.31. The van der Waals surface area contributed by atoms with E-state index in [1.165, 1.54) is 4.90 Å². The van der Waals surface area contributed by atoms with Gasteiger partial charge >= 0.3 is 12.1 Å². The number of ether oxygens (including phenoxy) is 2. The van der Waals surface area contributed by atoms with Gasteiger partial charge in [0.25, 0.3) is 0 Å². The molecule has 0 aromatic heterocycles. The zero-order chi connectivity index (χ0) is 28.6. The van der Waals surface area contributed by atoms with E-state index >= 15 is 0 Å². The fourth-order valence-electron chi connectivity index (χ4n) is 4.28. The Kier molecular flexibility index (Phi) is 15.4. The third-order valence-electron chi connectivity index (χ3n) is 6.66. The minimum absolute atomic E-state index is 0.203. The predicted molar refractivity (Wildman–Crippen MR) is 148 cm³/mol. The minimum atomic E-state index is -0.847. The summed E-state index contributed by atoms with van der Waals surface area (Å²) < 4.78 is 10.5. The summed E-state index contributed by atoms with van der Waals surface area (Å²) in [4.78, 5) is 52.3. The summed E-state index contributed by atoms with van der Waals surface area (Å²) in [5.41, 5.74) is -0.203. The fraction of sp³-hybridized carbons (Fsp3) is 0.724. The van der Waals surface area contributed by atoms with E-state index in [1.807, 2.05) is 39.0 Å². The number of unbranched alkanes of at least 4 members (excludes halogenated alkanes) is 3. The van der Waals surface area contributed by atoms with Gasteiger partial charge in [0, 0.05) is 12.5 Å². The number of alkyl carbamates (subject to hydrolysis) is 1. The van der Waals surface area contributed by atoms with Crippen LogP contribution in [-0.2, 0) is 23.9 Å². The molecule has 0 aromatic carbocycles. The van der Waals surface area contributed by atoms with Gasteiger partial charge in [-0.25, -0.2) is 9.59 Å². The Morgan fingerprint density at radius 3 is 2.53 bits per heavy atom. The van der Waals surface area contributed by atoms with E-state index in [1.54, 1.807) is 6.92 Å². The van der Waals surface area contributed by atoms with Crippen LogP contribution in [0.1, 0.15) is 86.0 Å². The molecule has 0 saturated carbocycles. The van der Waals surface area contributed by atoms with Crippen LogP contribution in [0.25, 0.3) is 0 Å². The molecule has 38 heavy (non-hydrogen) atoms. The molecule has 1 aliphatic rings. The molecule has 1 aliphatic heterocycles. The SMILES string of the molecule is C=CCCC(C)(C)COC(=O)NCC(=O)N1CCCC1C(=O)NC(C(=O)OCC)C(C)/C=C\CCCCC. The predicted octanol–water partition coefficient (Wildman–Crippen LogP) is 4.52. The second-order valence-electron chi connectivity index (χ2n) is 10.7. The molecule has 1 saturated heterocycles. The molecule has 1 heterocycles. The smallest absolute Gasteiger partial charge is 0.407 e. The van der Waals surface area contributed by atoms with Crippen molar-refractivity contribution in [3.8, 4) is 0 Å². The topological polar surface area (TPSA) is 114 Å². The maximum absolute atomic E-state index is 13.2. The summed E-state index contributed by atoms with van der Waals surface area (Å²) >= 11 is 0. The Balaban J connectivity index is 2.70. The minimum Gasteiger partial charge on any atom is -0.464 e. The zero-order valence-corrected chi connectivity index (χ0v) is 24.1. The highest BCUT2D eigenvalue weighted by atomic mass is 16.5. The quantitative estimate of drug-likeness (QED) is 0.161. The van der Waals surface area contributed by atoms with Gasteiger partial charge in [0.2, 0.25) is 11.8 Å². The third-order valence-corrected chi connectivity index (χ3v) is 6.66. The lowest BCUT2D eigenvalue weighted by atomic mass is 9.89. The number of hydrogen-bond acceptors (Lipinski definition) is 6. The molecule has 0 spiro atoms. The Bertz CT molecular complexity index is 810. The number of esters is 1. The van der Waals surface area contributed by atoms with Crippen molar-refractivity contribution in [3.63, 3.8) is 0 Å². The van der Waals surface area contributed by atoms with Crippen LogP contribution >= 0.6 is 0 Å². The number of rotatable bonds is 17. The van der Waals surface area contributed by atoms with Crippen molar-refractivity contribution >= 4 is 23.9 Å². The molecule has 9 heteroatoms. The van der Waals surface area contributed by atoms with Crippen molar-refractivity contribution in [2.45, 2.75) is 98.1 Å². The normalized spacial score (nSPS) is 17.1. The van der Waals surface area contributed by atoms with Gasteiger partial charge < -0.3 is 25.0 Å². The largest absolute Gasteiger partial charge is 0.464 e. The molecule has 0 bridgehead atoms. The van der Waals surface area contributed by atoms with Gasteiger partial charge in [-0.05, 0) is 50.9 Å². The molecule has 0 aliphatic carbocycles. The van der Waals surface area contributed by atoms with E-state index in [0.29, 0.717) is 19.4 Å². The molecule has 3 amide bonds. The first-order valence-corrected chi connectivity index (χ1v) is 14.0. The van der Waals surface area contributed by atoms with Crippen LogP contribution in [-0.4, -0.2) is 67.2 Å². The van der Waals surface area contributed by atoms with Gasteiger partial charge in [-0.2, -0.15) is 0 Å². The number of nitrogens with zero attached hydrogens (tertiary/aromatic N) is 1. The standard InChI is InChI=1S/C29H49N3O6/c1-7-10-12-13-14-16-22(4)25(27(35)37-9-3)31-26(34)23-17-15-19-32(23)24(33)20-30-28(36)38-21-29(5,6)18-11-8-2/h8,14,16,22-23,25H,2,7,9-13,15,17-21H2,1,3-6H3,(H,30,36)(H,31,34)/b16-14-. The molecule has 2 N–H and O–H groups in total. The second-order valence-corrected chi connectivity index (χ2v) is 10.7. The average molecular weight is 536 g/mol. The van der Waals surface area contributed by atoms with E-state index in [4.69, 9.17) is 9.47 Å². The molecule has 216 valence electrons. The van der Waals surface area contributed by atoms with E-state index < -0.39 is 30.1 Å². The van der Waals surface area contributed by atoms with E-state index in [-0.39, 0.29) is 37.0 Å². The van der Waals surface area contributed by atoms with Crippen molar-refractivity contribution in [1.82, 2.24) is 15.5 Å². The second kappa shape index (κ2) is 17.6. The maximum atomic E-state index is 13.2. The number of nitrogens with one attached hydrogen (secondary N) is 2. The van der Waals surface area contributed by atoms with Crippen molar-refractivity contribution in [2.75, 3.05) is 26.3 Å². The highest BCUT2D eigenvalue weighted by Crippen LogP contribution is 2.23. The van der Waals surface area contributed by atoms with Crippen molar-refractivity contribution < 1.29 is 28.7 Å². The summed E-state index contributed by atoms with van der Waals surface area (Å²) in [6.45, 7) is 14.0. The van der Waals surface area contributed by atoms with Gasteiger partial charge in [-0.1, -0.05) is 58.8 Å². The molecule has 1 fully saturated rings. The Morgan fingerprint density at radius 1 is 1.13 bits per heavy atom. The number of carbonyl (C=O) groups is 4. The third kappa shape index (κ3) is 12.1. The van der Waals surface area contributed by atoms with Crippen LogP contribution in [0.2, 0.25) is 0 Å². The van der Waals surface area contributed by atoms with E-state index in [2.05, 4.69) is 24.1 Å². The summed E-state index contributed by atoms with van der Waals surface area (Å²) in [6, 6.07) is -1.56. The molecular weight excluding hydrogens is 486 g/mol. The lowest BCUT2D eigenvalue weighted by Gasteiger charge is -2.28. The Hall–Kier alpha value is -2.84. The fourth-order valence-corrected chi connectivity index (χ4v) is 4.28. The number of hydrogen-bond donors (Lipinski definition) is 2. The average Bonchev–Trinajstić information content (AvgIpc) is 3.38. The highest BCUT2D eigenvalue weighted by molar-refractivity contribution is 5.92. The van der Waals surface area contributed by atoms with Crippen LogP contribution in [0, 0.1) is 11.3 Å². The number of carbonyl (C=O) groups excluding carboxylic acids is 4. The lowest BCUT2D eigenvalue weighted by Crippen LogP contribution is -2.54. The van der Waals surface area contributed by atoms with Crippen LogP contribution in [0.3, 0.4) is 0 Å². The van der Waals surface area contributed by atoms with Gasteiger partial charge in [0.1, 0.15) is 18.6 Å². The molecule has 3 unspecified atom stereocenters. The number of amides is 3. The number of likely N-dealkylation sites (tertiary alicyclic amines) is 1. The highest BCUT2D eigenvalue weighted by Gasteiger charge is 2.37. The molecule has 9 nitrogen and oxygen atoms in total. The molecule has 3 atom stereocenters. The Morgan fingerprint density at radius 2 is 1.87 bits per heavy atom. The van der Waals surface area contributed by atoms with E-state index in [9.17, 15) is 19.2 Å². The van der Waals surface area contributed by atoms with Crippen LogP contribution in [0.5, 0.6) is 0 Å². The maximum Gasteiger partial charge on any atom is 0.407 e. The van der Waals surface area contributed by atoms with Gasteiger partial charge in [-0.3, -0.25) is 9.59 Å². The van der Waals surface area contributed by atoms with E-state index in [0.717, 1.165) is 38.5 Å². The summed E-state index contributed by atoms with van der Waals surface area (Å²) in [6.07, 6.45) is 12.2. The summed E-state index contributed by atoms with van der Waals surface area (Å²) in [5.74, 6) is -1.53. The van der Waals surface area contributed by atoms with Crippen molar-refractivity contribution in [3.05, 3.63) is 24.8 Å². The molecule has 0 aromatic rings. The van der Waals surface area contributed by atoms with Crippen LogP contribution in [0.4, 0.5) is 4.79 Å². The van der Waals surface area contributed by atoms with Gasteiger partial charge in [-0.15, -0.1) is 6.58 Å². The first kappa shape index (κ1) is 33.2. The summed E-state index contributed by atoms with van der Waals surface area (Å²) in [7, 11) is 0. The van der Waals surface area contributed by atoms with Crippen LogP contribution < -0.4 is 10.6 Å². The van der Waals surface area contributed by atoms with Crippen molar-refractivity contribution in [1.29, 1.82) is 0 Å². The monoisotopic (exact) mass is 535 g/mol. The van der Waals surface area contributed by atoms with Gasteiger partial charge in [0.15, 0.2) is 0 Å². The zero-order valence-electron chi connectivity index (χ0n) is 24.1. The molecular formula is C29H49N3O6. The molecule has 0 radical (unpaired) electrons. The van der Waals surface area contributed by atoms with Crippen molar-refractivity contribution in [2.24, 2.45) is 11.3 Å². The lowest BCUT2D eigenvalue weighted by molar-refractivity contribution is -0.149. The first-order valence-electron chi connectivity index (χ1n) is 14.0. The molecule has 1 rings (SSSR count).